The number of thioether (sulfide) groups is 1. The molecule has 1 aliphatic heterocycles. The van der Waals surface area contributed by atoms with Crippen molar-refractivity contribution in [1.82, 2.24) is 5.32 Å². The Morgan fingerprint density at radius 3 is 2.63 bits per heavy atom. The number of ether oxygens (including phenoxy) is 2. The van der Waals surface area contributed by atoms with Crippen LogP contribution in [0.1, 0.15) is 27.0 Å². The number of nitrogens with one attached hydrogen (secondary N) is 1. The maximum absolute atomic E-state index is 13.0. The highest BCUT2D eigenvalue weighted by Gasteiger charge is 2.27. The Hall–Kier alpha value is -3.71. The molecule has 180 valence electrons. The fraction of sp³-hybridized carbons (Fsp3) is 0.214. The van der Waals surface area contributed by atoms with Crippen LogP contribution >= 0.6 is 11.8 Å². The number of hydrogen-bond donors (Lipinski definition) is 1. The van der Waals surface area contributed by atoms with Crippen LogP contribution in [0.25, 0.3) is 6.08 Å². The summed E-state index contributed by atoms with van der Waals surface area (Å²) in [5, 5.41) is 2.96. The fourth-order valence-electron chi connectivity index (χ4n) is 3.94. The summed E-state index contributed by atoms with van der Waals surface area (Å²) in [4.78, 5) is 29.0. The van der Waals surface area contributed by atoms with Gasteiger partial charge in [0, 0.05) is 24.1 Å². The molecule has 2 amide bonds. The average Bonchev–Trinajstić information content (AvgIpc) is 2.86. The minimum atomic E-state index is -0.193. The first-order chi connectivity index (χ1) is 16.9. The number of fused-ring (bicyclic) bond motifs is 1. The number of carbonyl (C=O) groups is 2. The summed E-state index contributed by atoms with van der Waals surface area (Å²) in [6, 6.07) is 19.1. The molecule has 7 heteroatoms. The van der Waals surface area contributed by atoms with Gasteiger partial charge in [-0.05, 0) is 66.9 Å². The van der Waals surface area contributed by atoms with Crippen molar-refractivity contribution in [3.63, 3.8) is 0 Å². The van der Waals surface area contributed by atoms with Crippen LogP contribution in [0.4, 0.5) is 5.69 Å². The van der Waals surface area contributed by atoms with Crippen LogP contribution < -0.4 is 19.7 Å². The summed E-state index contributed by atoms with van der Waals surface area (Å²) in [5.74, 6) is 1.21. The van der Waals surface area contributed by atoms with Crippen molar-refractivity contribution >= 4 is 35.3 Å². The van der Waals surface area contributed by atoms with E-state index in [0.717, 1.165) is 38.8 Å². The number of hydrogen-bond acceptors (Lipinski definition) is 5. The van der Waals surface area contributed by atoms with E-state index in [2.05, 4.69) is 5.32 Å². The predicted octanol–water partition coefficient (Wildman–Crippen LogP) is 5.09. The highest BCUT2D eigenvalue weighted by Crippen LogP contribution is 2.42. The number of benzene rings is 3. The number of rotatable bonds is 7. The monoisotopic (exact) mass is 488 g/mol. The largest absolute Gasteiger partial charge is 0.497 e. The zero-order valence-corrected chi connectivity index (χ0v) is 21.1. The molecule has 3 aromatic carbocycles. The molecule has 1 aliphatic rings. The lowest BCUT2D eigenvalue weighted by atomic mass is 10.1. The number of amides is 2. The molecule has 0 radical (unpaired) electrons. The van der Waals surface area contributed by atoms with Gasteiger partial charge in [0.15, 0.2) is 0 Å². The lowest BCUT2D eigenvalue weighted by Gasteiger charge is -2.27. The SMILES string of the molecule is COc1ccc(OC)c(CCNC(=O)c2ccc3c(c2)N(C)C(=O)C(=Cc2cccc(C)c2)S3)c1. The van der Waals surface area contributed by atoms with Gasteiger partial charge < -0.3 is 19.7 Å². The minimum absolute atomic E-state index is 0.0910. The minimum Gasteiger partial charge on any atom is -0.497 e. The summed E-state index contributed by atoms with van der Waals surface area (Å²) < 4.78 is 10.7. The standard InChI is InChI=1S/C28H28N2O4S/c1-18-6-5-7-19(14-18)15-26-28(32)30(2)23-17-21(8-11-25(23)35-26)27(31)29-13-12-20-16-22(33-3)9-10-24(20)34-4/h5-11,14-17H,12-13H2,1-4H3,(H,29,31). The number of carbonyl (C=O) groups excluding carboxylic acids is 2. The summed E-state index contributed by atoms with van der Waals surface area (Å²) >= 11 is 1.43. The van der Waals surface area contributed by atoms with Gasteiger partial charge in [0.25, 0.3) is 11.8 Å². The van der Waals surface area contributed by atoms with Crippen molar-refractivity contribution in [2.24, 2.45) is 0 Å². The van der Waals surface area contributed by atoms with E-state index in [0.29, 0.717) is 23.4 Å². The van der Waals surface area contributed by atoms with Crippen LogP contribution in [0.15, 0.2) is 70.5 Å². The van der Waals surface area contributed by atoms with Crippen LogP contribution in [-0.2, 0) is 11.2 Å². The molecule has 0 fully saturated rings. The Morgan fingerprint density at radius 1 is 1.06 bits per heavy atom. The maximum Gasteiger partial charge on any atom is 0.264 e. The van der Waals surface area contributed by atoms with E-state index in [1.54, 1.807) is 38.3 Å². The molecule has 0 saturated heterocycles. The molecule has 3 aromatic rings. The summed E-state index contributed by atoms with van der Waals surface area (Å²) in [6.45, 7) is 2.46. The Morgan fingerprint density at radius 2 is 1.89 bits per heavy atom. The van der Waals surface area contributed by atoms with Crippen LogP contribution in [0.3, 0.4) is 0 Å². The lowest BCUT2D eigenvalue weighted by molar-refractivity contribution is -0.114. The van der Waals surface area contributed by atoms with Crippen LogP contribution in [0, 0.1) is 6.92 Å². The third-order valence-corrected chi connectivity index (χ3v) is 6.90. The molecule has 0 atom stereocenters. The van der Waals surface area contributed by atoms with Crippen LogP contribution in [0.2, 0.25) is 0 Å². The second-order valence-electron chi connectivity index (χ2n) is 8.26. The van der Waals surface area contributed by atoms with Gasteiger partial charge in [-0.15, -0.1) is 0 Å². The molecule has 0 saturated carbocycles. The first-order valence-electron chi connectivity index (χ1n) is 11.3. The van der Waals surface area contributed by atoms with Gasteiger partial charge in [-0.1, -0.05) is 41.6 Å². The summed E-state index contributed by atoms with van der Waals surface area (Å²) in [7, 11) is 4.97. The maximum atomic E-state index is 13.0. The molecule has 1 N–H and O–H groups in total. The predicted molar refractivity (Wildman–Crippen MR) is 140 cm³/mol. The second-order valence-corrected chi connectivity index (χ2v) is 9.34. The molecule has 1 heterocycles. The Bertz CT molecular complexity index is 1300. The van der Waals surface area contributed by atoms with Gasteiger partial charge in [0.1, 0.15) is 11.5 Å². The lowest BCUT2D eigenvalue weighted by Crippen LogP contribution is -2.31. The second kappa shape index (κ2) is 10.7. The number of aryl methyl sites for hydroxylation is 1. The first-order valence-corrected chi connectivity index (χ1v) is 12.1. The van der Waals surface area contributed by atoms with Crippen molar-refractivity contribution < 1.29 is 19.1 Å². The van der Waals surface area contributed by atoms with E-state index < -0.39 is 0 Å². The molecular formula is C28H28N2O4S. The van der Waals surface area contributed by atoms with Crippen molar-refractivity contribution in [2.75, 3.05) is 32.7 Å². The van der Waals surface area contributed by atoms with Crippen molar-refractivity contribution in [2.45, 2.75) is 18.2 Å². The summed E-state index contributed by atoms with van der Waals surface area (Å²) in [6.07, 6.45) is 2.51. The van der Waals surface area contributed by atoms with E-state index >= 15 is 0 Å². The number of nitrogens with zero attached hydrogens (tertiary/aromatic N) is 1. The molecule has 0 aliphatic carbocycles. The molecule has 4 rings (SSSR count). The van der Waals surface area contributed by atoms with Crippen molar-refractivity contribution in [3.05, 3.63) is 87.8 Å². The van der Waals surface area contributed by atoms with E-state index in [1.807, 2.05) is 61.5 Å². The van der Waals surface area contributed by atoms with E-state index in [4.69, 9.17) is 9.47 Å². The van der Waals surface area contributed by atoms with Gasteiger partial charge in [-0.25, -0.2) is 0 Å². The van der Waals surface area contributed by atoms with Gasteiger partial charge in [-0.3, -0.25) is 9.59 Å². The zero-order valence-electron chi connectivity index (χ0n) is 20.3. The van der Waals surface area contributed by atoms with Crippen molar-refractivity contribution in [3.8, 4) is 11.5 Å². The third kappa shape index (κ3) is 5.52. The Balaban J connectivity index is 1.46. The van der Waals surface area contributed by atoms with Gasteiger partial charge in [0.2, 0.25) is 0 Å². The van der Waals surface area contributed by atoms with Gasteiger partial charge >= 0.3 is 0 Å². The number of methoxy groups -OCH3 is 2. The molecule has 0 spiro atoms. The normalized spacial score (nSPS) is 14.0. The third-order valence-electron chi connectivity index (χ3n) is 5.83. The van der Waals surface area contributed by atoms with Crippen LogP contribution in [0.5, 0.6) is 11.5 Å². The number of likely N-dealkylation sites (N-methyl/N-ethyl adjacent to an activating group) is 1. The Labute approximate surface area is 209 Å². The zero-order chi connectivity index (χ0) is 24.9. The number of anilines is 1. The van der Waals surface area contributed by atoms with E-state index in [-0.39, 0.29) is 11.8 Å². The van der Waals surface area contributed by atoms with Gasteiger partial charge in [-0.2, -0.15) is 0 Å². The quantitative estimate of drug-likeness (QED) is 0.469. The smallest absolute Gasteiger partial charge is 0.264 e. The Kier molecular flexibility index (Phi) is 7.46. The molecule has 0 unspecified atom stereocenters. The highest BCUT2D eigenvalue weighted by atomic mass is 32.2. The molecule has 6 nitrogen and oxygen atoms in total. The topological polar surface area (TPSA) is 67.9 Å². The van der Waals surface area contributed by atoms with Gasteiger partial charge in [0.05, 0.1) is 24.8 Å². The first kappa shape index (κ1) is 24.4. The summed E-state index contributed by atoms with van der Waals surface area (Å²) in [5.41, 5.74) is 4.31. The van der Waals surface area contributed by atoms with E-state index in [1.165, 1.54) is 11.8 Å². The fourth-order valence-corrected chi connectivity index (χ4v) is 5.03. The van der Waals surface area contributed by atoms with Crippen molar-refractivity contribution in [1.29, 1.82) is 0 Å². The molecular weight excluding hydrogens is 460 g/mol. The van der Waals surface area contributed by atoms with Crippen LogP contribution in [-0.4, -0.2) is 39.6 Å². The average molecular weight is 489 g/mol. The molecule has 0 aromatic heterocycles. The van der Waals surface area contributed by atoms with E-state index in [9.17, 15) is 9.59 Å². The molecule has 0 bridgehead atoms. The highest BCUT2D eigenvalue weighted by molar-refractivity contribution is 8.04. The molecule has 35 heavy (non-hydrogen) atoms.